The van der Waals surface area contributed by atoms with Gasteiger partial charge in [-0.2, -0.15) is 0 Å². The van der Waals surface area contributed by atoms with E-state index >= 15 is 0 Å². The summed E-state index contributed by atoms with van der Waals surface area (Å²) in [5.74, 6) is -0.0427. The maximum atomic E-state index is 13.2. The molecule has 4 rings (SSSR count). The number of ether oxygens (including phenoxy) is 3. The molecule has 2 aliphatic heterocycles. The number of methoxy groups -OCH3 is 1. The molecule has 0 saturated carbocycles. The lowest BCUT2D eigenvalue weighted by atomic mass is 9.94. The summed E-state index contributed by atoms with van der Waals surface area (Å²) >= 11 is 0. The molecule has 1 fully saturated rings. The van der Waals surface area contributed by atoms with Gasteiger partial charge >= 0.3 is 0 Å². The molecule has 2 aromatic carbocycles. The summed E-state index contributed by atoms with van der Waals surface area (Å²) in [6.45, 7) is 6.80. The molecule has 2 aromatic rings. The number of para-hydroxylation sites is 1. The number of benzene rings is 2. The van der Waals surface area contributed by atoms with E-state index in [0.717, 1.165) is 13.1 Å². The number of hydrogen-bond donors (Lipinski definition) is 1. The lowest BCUT2D eigenvalue weighted by Crippen LogP contribution is -2.38. The Morgan fingerprint density at radius 3 is 2.58 bits per heavy atom. The summed E-state index contributed by atoms with van der Waals surface area (Å²) in [7, 11) is 1.54. The zero-order valence-electron chi connectivity index (χ0n) is 19.0. The van der Waals surface area contributed by atoms with Crippen molar-refractivity contribution >= 4 is 17.4 Å². The van der Waals surface area contributed by atoms with Crippen molar-refractivity contribution in [3.63, 3.8) is 0 Å². The van der Waals surface area contributed by atoms with Crippen molar-refractivity contribution in [2.45, 2.75) is 19.9 Å². The zero-order valence-corrected chi connectivity index (χ0v) is 19.0. The van der Waals surface area contributed by atoms with Gasteiger partial charge in [0.25, 0.3) is 11.7 Å². The van der Waals surface area contributed by atoms with Crippen LogP contribution in [0.1, 0.15) is 31.0 Å². The van der Waals surface area contributed by atoms with E-state index in [2.05, 4.69) is 18.7 Å². The van der Waals surface area contributed by atoms with Crippen LogP contribution in [0.2, 0.25) is 0 Å². The highest BCUT2D eigenvalue weighted by molar-refractivity contribution is 6.46. The molecule has 0 aromatic heterocycles. The van der Waals surface area contributed by atoms with Gasteiger partial charge in [-0.15, -0.1) is 0 Å². The minimum atomic E-state index is -0.776. The van der Waals surface area contributed by atoms with Crippen LogP contribution in [-0.4, -0.2) is 66.7 Å². The largest absolute Gasteiger partial charge is 0.507 e. The molecule has 33 heavy (non-hydrogen) atoms. The summed E-state index contributed by atoms with van der Waals surface area (Å²) in [5, 5.41) is 11.3. The van der Waals surface area contributed by atoms with Gasteiger partial charge in [-0.25, -0.2) is 0 Å². The Morgan fingerprint density at radius 2 is 1.85 bits per heavy atom. The molecule has 0 aliphatic carbocycles. The third-order valence-corrected chi connectivity index (χ3v) is 6.17. The number of aliphatic hydroxyl groups is 1. The number of aliphatic hydroxyl groups excluding tert-OH is 1. The first-order chi connectivity index (χ1) is 16.0. The van der Waals surface area contributed by atoms with Crippen molar-refractivity contribution in [3.8, 4) is 17.2 Å². The van der Waals surface area contributed by atoms with E-state index in [9.17, 15) is 14.7 Å². The fourth-order valence-corrected chi connectivity index (χ4v) is 4.31. The smallest absolute Gasteiger partial charge is 0.295 e. The van der Waals surface area contributed by atoms with E-state index in [1.165, 1.54) is 4.90 Å². The summed E-state index contributed by atoms with van der Waals surface area (Å²) in [4.78, 5) is 30.1. The van der Waals surface area contributed by atoms with Gasteiger partial charge in [0.15, 0.2) is 11.5 Å². The highest BCUT2D eigenvalue weighted by Crippen LogP contribution is 2.43. The lowest BCUT2D eigenvalue weighted by Gasteiger charge is -2.29. The number of amides is 1. The Bertz CT molecular complexity index is 1090. The second kappa shape index (κ2) is 9.54. The molecule has 2 heterocycles. The number of carbonyl (C=O) groups excluding carboxylic acids is 2. The molecule has 1 amide bonds. The van der Waals surface area contributed by atoms with E-state index < -0.39 is 17.7 Å². The van der Waals surface area contributed by atoms with Crippen molar-refractivity contribution in [1.29, 1.82) is 0 Å². The molecule has 174 valence electrons. The molecule has 2 aliphatic rings. The molecule has 0 bridgehead atoms. The number of likely N-dealkylation sites (N-methyl/N-ethyl adjacent to an activating group) is 1. The SMILES string of the molecule is CCN(CC)CCN1C(=O)C(=O)/C(=C(/O)c2ccc3c(c2)OCO3)C1c1ccccc1OC. The van der Waals surface area contributed by atoms with Crippen LogP contribution in [0.25, 0.3) is 5.76 Å². The third-order valence-electron chi connectivity index (χ3n) is 6.17. The van der Waals surface area contributed by atoms with Crippen LogP contribution in [-0.2, 0) is 9.59 Å². The predicted molar refractivity (Wildman–Crippen MR) is 122 cm³/mol. The predicted octanol–water partition coefficient (Wildman–Crippen LogP) is 3.19. The van der Waals surface area contributed by atoms with Crippen LogP contribution in [0.5, 0.6) is 17.2 Å². The number of ketones is 1. The second-order valence-electron chi connectivity index (χ2n) is 7.83. The Balaban J connectivity index is 1.82. The van der Waals surface area contributed by atoms with Crippen molar-refractivity contribution in [2.75, 3.05) is 40.1 Å². The van der Waals surface area contributed by atoms with Crippen LogP contribution in [0.4, 0.5) is 0 Å². The molecule has 1 saturated heterocycles. The first-order valence-electron chi connectivity index (χ1n) is 11.0. The Labute approximate surface area is 193 Å². The summed E-state index contributed by atoms with van der Waals surface area (Å²) in [6, 6.07) is 11.4. The number of likely N-dealkylation sites (tertiary alicyclic amines) is 1. The maximum absolute atomic E-state index is 13.2. The van der Waals surface area contributed by atoms with E-state index in [1.807, 2.05) is 18.2 Å². The Kier molecular flexibility index (Phi) is 6.55. The molecule has 1 unspecified atom stereocenters. The van der Waals surface area contributed by atoms with Gasteiger partial charge in [0.05, 0.1) is 18.7 Å². The Hall–Kier alpha value is -3.52. The number of nitrogens with zero attached hydrogens (tertiary/aromatic N) is 2. The van der Waals surface area contributed by atoms with Gasteiger partial charge in [0.2, 0.25) is 6.79 Å². The topological polar surface area (TPSA) is 88.5 Å². The van der Waals surface area contributed by atoms with Crippen LogP contribution in [0, 0.1) is 0 Å². The van der Waals surface area contributed by atoms with E-state index in [4.69, 9.17) is 14.2 Å². The van der Waals surface area contributed by atoms with E-state index in [0.29, 0.717) is 41.5 Å². The summed E-state index contributed by atoms with van der Waals surface area (Å²) in [6.07, 6.45) is 0. The molecule has 8 heteroatoms. The first kappa shape index (κ1) is 22.7. The molecule has 8 nitrogen and oxygen atoms in total. The van der Waals surface area contributed by atoms with Crippen molar-refractivity contribution < 1.29 is 28.9 Å². The number of carbonyl (C=O) groups is 2. The zero-order chi connectivity index (χ0) is 23.5. The molecule has 1 atom stereocenters. The quantitative estimate of drug-likeness (QED) is 0.374. The highest BCUT2D eigenvalue weighted by atomic mass is 16.7. The fourth-order valence-electron chi connectivity index (χ4n) is 4.31. The minimum absolute atomic E-state index is 0.0305. The molecular formula is C25H28N2O6. The minimum Gasteiger partial charge on any atom is -0.507 e. The van der Waals surface area contributed by atoms with E-state index in [-0.39, 0.29) is 18.1 Å². The van der Waals surface area contributed by atoms with Crippen LogP contribution in [0.15, 0.2) is 48.0 Å². The summed E-state index contributed by atoms with van der Waals surface area (Å²) in [5.41, 5.74) is 1.05. The van der Waals surface area contributed by atoms with Crippen molar-refractivity contribution in [1.82, 2.24) is 9.80 Å². The standard InChI is InChI=1S/C25H28N2O6/c1-4-26(5-2)12-13-27-22(17-8-6-7-9-18(17)31-3)21(24(29)25(27)30)23(28)16-10-11-19-20(14-16)33-15-32-19/h6-11,14,22,28H,4-5,12-13,15H2,1-3H3/b23-21+. The molecule has 0 radical (unpaired) electrons. The average Bonchev–Trinajstić information content (AvgIpc) is 3.41. The lowest BCUT2D eigenvalue weighted by molar-refractivity contribution is -0.140. The Morgan fingerprint density at radius 1 is 1.12 bits per heavy atom. The van der Waals surface area contributed by atoms with Gasteiger partial charge in [-0.3, -0.25) is 9.59 Å². The number of hydrogen-bond acceptors (Lipinski definition) is 7. The third kappa shape index (κ3) is 4.14. The summed E-state index contributed by atoms with van der Waals surface area (Å²) < 4.78 is 16.3. The van der Waals surface area contributed by atoms with Gasteiger partial charge in [-0.05, 0) is 37.4 Å². The van der Waals surface area contributed by atoms with Gasteiger partial charge < -0.3 is 29.1 Å². The van der Waals surface area contributed by atoms with Gasteiger partial charge in [-0.1, -0.05) is 32.0 Å². The van der Waals surface area contributed by atoms with Gasteiger partial charge in [0.1, 0.15) is 11.5 Å². The average molecular weight is 453 g/mol. The van der Waals surface area contributed by atoms with Crippen molar-refractivity contribution in [2.24, 2.45) is 0 Å². The number of fused-ring (bicyclic) bond motifs is 1. The molecule has 1 N–H and O–H groups in total. The molecular weight excluding hydrogens is 424 g/mol. The van der Waals surface area contributed by atoms with Crippen molar-refractivity contribution in [3.05, 3.63) is 59.2 Å². The second-order valence-corrected chi connectivity index (χ2v) is 7.83. The van der Waals surface area contributed by atoms with Crippen LogP contribution < -0.4 is 14.2 Å². The number of rotatable bonds is 8. The first-order valence-corrected chi connectivity index (χ1v) is 11.0. The maximum Gasteiger partial charge on any atom is 0.295 e. The van der Waals surface area contributed by atoms with E-state index in [1.54, 1.807) is 31.4 Å². The normalized spacial score (nSPS) is 18.9. The highest BCUT2D eigenvalue weighted by Gasteiger charge is 2.47. The monoisotopic (exact) mass is 452 g/mol. The number of Topliss-reactive ketones (excluding diaryl/α,β-unsaturated/α-hetero) is 1. The van der Waals surface area contributed by atoms with Crippen LogP contribution >= 0.6 is 0 Å². The van der Waals surface area contributed by atoms with Crippen LogP contribution in [0.3, 0.4) is 0 Å². The fraction of sp³-hybridized carbons (Fsp3) is 0.360. The van der Waals surface area contributed by atoms with Gasteiger partial charge in [0, 0.05) is 24.2 Å². The molecule has 0 spiro atoms.